The van der Waals surface area contributed by atoms with Crippen LogP contribution in [0, 0.1) is 0 Å². The first-order valence-electron chi connectivity index (χ1n) is 5.52. The Hall–Kier alpha value is -1.58. The Morgan fingerprint density at radius 3 is 3.13 bits per heavy atom. The Kier molecular flexibility index (Phi) is 1.28. The van der Waals surface area contributed by atoms with Gasteiger partial charge in [0.05, 0.1) is 6.20 Å². The van der Waals surface area contributed by atoms with Crippen LogP contribution in [0.25, 0.3) is 5.65 Å². The number of fused-ring (bicyclic) bond motifs is 3. The summed E-state index contributed by atoms with van der Waals surface area (Å²) in [5.41, 5.74) is 2.31. The normalized spacial score (nSPS) is 19.9. The average molecular weight is 200 g/mol. The third kappa shape index (κ3) is 0.963. The van der Waals surface area contributed by atoms with Crippen molar-refractivity contribution in [3.05, 3.63) is 24.0 Å². The highest BCUT2D eigenvalue weighted by molar-refractivity contribution is 5.58. The Morgan fingerprint density at radius 2 is 2.27 bits per heavy atom. The maximum atomic E-state index is 4.40. The van der Waals surface area contributed by atoms with Crippen molar-refractivity contribution in [1.82, 2.24) is 14.6 Å². The van der Waals surface area contributed by atoms with Crippen LogP contribution in [0.15, 0.2) is 18.5 Å². The standard InChI is InChI=1S/C11H12N4/c1-2-9(1)14-6-4-8-7-12-10-3-5-13-15(10)11(8)14/h3,5,7,9H,1-2,4,6H2. The van der Waals surface area contributed by atoms with Gasteiger partial charge in [0.1, 0.15) is 5.82 Å². The molecule has 4 heteroatoms. The van der Waals surface area contributed by atoms with Crippen LogP contribution in [0.3, 0.4) is 0 Å². The largest absolute Gasteiger partial charge is 0.353 e. The van der Waals surface area contributed by atoms with Gasteiger partial charge in [0, 0.05) is 30.4 Å². The fraction of sp³-hybridized carbons (Fsp3) is 0.455. The van der Waals surface area contributed by atoms with Crippen molar-refractivity contribution in [2.75, 3.05) is 11.4 Å². The predicted molar refractivity (Wildman–Crippen MR) is 57.1 cm³/mol. The molecule has 0 unspecified atom stereocenters. The predicted octanol–water partition coefficient (Wildman–Crippen LogP) is 1.25. The maximum Gasteiger partial charge on any atom is 0.157 e. The lowest BCUT2D eigenvalue weighted by Crippen LogP contribution is -2.24. The van der Waals surface area contributed by atoms with Crippen LogP contribution >= 0.6 is 0 Å². The van der Waals surface area contributed by atoms with Crippen molar-refractivity contribution < 1.29 is 0 Å². The van der Waals surface area contributed by atoms with Crippen molar-refractivity contribution >= 4 is 11.5 Å². The van der Waals surface area contributed by atoms with Gasteiger partial charge in [-0.3, -0.25) is 0 Å². The van der Waals surface area contributed by atoms with Crippen molar-refractivity contribution in [2.45, 2.75) is 25.3 Å². The number of nitrogens with zero attached hydrogens (tertiary/aromatic N) is 4. The monoisotopic (exact) mass is 200 g/mol. The van der Waals surface area contributed by atoms with E-state index in [1.165, 1.54) is 24.2 Å². The van der Waals surface area contributed by atoms with E-state index in [-0.39, 0.29) is 0 Å². The van der Waals surface area contributed by atoms with Crippen LogP contribution in [0.2, 0.25) is 0 Å². The molecular weight excluding hydrogens is 188 g/mol. The van der Waals surface area contributed by atoms with Gasteiger partial charge in [-0.05, 0) is 19.3 Å². The first-order valence-corrected chi connectivity index (χ1v) is 5.52. The summed E-state index contributed by atoms with van der Waals surface area (Å²) in [6.07, 6.45) is 7.63. The van der Waals surface area contributed by atoms with E-state index < -0.39 is 0 Å². The Bertz CT molecular complexity index is 526. The topological polar surface area (TPSA) is 33.4 Å². The van der Waals surface area contributed by atoms with Crippen LogP contribution in [0.1, 0.15) is 18.4 Å². The molecule has 1 saturated carbocycles. The third-order valence-electron chi connectivity index (χ3n) is 3.34. The zero-order valence-corrected chi connectivity index (χ0v) is 8.43. The molecule has 0 bridgehead atoms. The lowest BCUT2D eigenvalue weighted by atomic mass is 10.3. The van der Waals surface area contributed by atoms with E-state index in [0.717, 1.165) is 24.7 Å². The highest BCUT2D eigenvalue weighted by Crippen LogP contribution is 2.37. The summed E-state index contributed by atoms with van der Waals surface area (Å²) in [6, 6.07) is 2.73. The van der Waals surface area contributed by atoms with E-state index in [4.69, 9.17) is 0 Å². The van der Waals surface area contributed by atoms with Crippen molar-refractivity contribution in [2.24, 2.45) is 0 Å². The van der Waals surface area contributed by atoms with Gasteiger partial charge in [-0.2, -0.15) is 9.61 Å². The number of anilines is 1. The minimum Gasteiger partial charge on any atom is -0.353 e. The second-order valence-electron chi connectivity index (χ2n) is 4.38. The highest BCUT2D eigenvalue weighted by Gasteiger charge is 2.35. The van der Waals surface area contributed by atoms with Crippen LogP contribution in [-0.4, -0.2) is 27.2 Å². The molecule has 3 heterocycles. The van der Waals surface area contributed by atoms with Crippen LogP contribution < -0.4 is 4.90 Å². The molecule has 2 aliphatic rings. The molecule has 0 spiro atoms. The minimum absolute atomic E-state index is 0.765. The number of hydrogen-bond acceptors (Lipinski definition) is 3. The fourth-order valence-electron chi connectivity index (χ4n) is 2.47. The smallest absolute Gasteiger partial charge is 0.157 e. The number of hydrogen-bond donors (Lipinski definition) is 0. The van der Waals surface area contributed by atoms with Gasteiger partial charge in [0.25, 0.3) is 0 Å². The first kappa shape index (κ1) is 7.68. The third-order valence-corrected chi connectivity index (χ3v) is 3.34. The molecule has 1 aliphatic heterocycles. The molecule has 2 aromatic heterocycles. The van der Waals surface area contributed by atoms with Gasteiger partial charge < -0.3 is 4.90 Å². The molecule has 76 valence electrons. The van der Waals surface area contributed by atoms with Crippen molar-refractivity contribution in [3.63, 3.8) is 0 Å². The maximum absolute atomic E-state index is 4.40. The zero-order chi connectivity index (χ0) is 9.83. The van der Waals surface area contributed by atoms with Crippen molar-refractivity contribution in [1.29, 1.82) is 0 Å². The van der Waals surface area contributed by atoms with Crippen LogP contribution in [-0.2, 0) is 6.42 Å². The summed E-state index contributed by atoms with van der Waals surface area (Å²) in [4.78, 5) is 6.90. The molecule has 0 amide bonds. The summed E-state index contributed by atoms with van der Waals surface area (Å²) in [7, 11) is 0. The lowest BCUT2D eigenvalue weighted by molar-refractivity contribution is 0.794. The molecule has 0 radical (unpaired) electrons. The van der Waals surface area contributed by atoms with Gasteiger partial charge in [0.2, 0.25) is 0 Å². The van der Waals surface area contributed by atoms with E-state index in [1.54, 1.807) is 0 Å². The summed E-state index contributed by atoms with van der Waals surface area (Å²) >= 11 is 0. The average Bonchev–Trinajstić information content (AvgIpc) is 2.84. The quantitative estimate of drug-likeness (QED) is 0.694. The molecule has 1 fully saturated rings. The Morgan fingerprint density at radius 1 is 1.33 bits per heavy atom. The van der Waals surface area contributed by atoms with Gasteiger partial charge in [-0.1, -0.05) is 0 Å². The van der Waals surface area contributed by atoms with Gasteiger partial charge in [-0.15, -0.1) is 0 Å². The number of aromatic nitrogens is 3. The highest BCUT2D eigenvalue weighted by atomic mass is 15.4. The molecule has 0 N–H and O–H groups in total. The molecule has 2 aromatic rings. The number of rotatable bonds is 1. The van der Waals surface area contributed by atoms with Gasteiger partial charge in [-0.25, -0.2) is 4.98 Å². The van der Waals surface area contributed by atoms with E-state index in [0.29, 0.717) is 0 Å². The molecule has 0 aromatic carbocycles. The van der Waals surface area contributed by atoms with E-state index in [9.17, 15) is 0 Å². The van der Waals surface area contributed by atoms with Gasteiger partial charge in [0.15, 0.2) is 5.65 Å². The first-order chi connectivity index (χ1) is 7.43. The lowest BCUT2D eigenvalue weighted by Gasteiger charge is -2.18. The molecule has 1 aliphatic carbocycles. The second kappa shape index (κ2) is 2.51. The Balaban J connectivity index is 2.00. The summed E-state index contributed by atoms with van der Waals surface area (Å²) in [5.74, 6) is 1.28. The fourth-order valence-corrected chi connectivity index (χ4v) is 2.47. The molecule has 4 rings (SSSR count). The van der Waals surface area contributed by atoms with E-state index in [1.807, 2.05) is 23.0 Å². The van der Waals surface area contributed by atoms with Crippen LogP contribution in [0.4, 0.5) is 5.82 Å². The summed E-state index contributed by atoms with van der Waals surface area (Å²) in [6.45, 7) is 1.14. The van der Waals surface area contributed by atoms with Gasteiger partial charge >= 0.3 is 0 Å². The van der Waals surface area contributed by atoms with E-state index in [2.05, 4.69) is 15.0 Å². The SMILES string of the molecule is c1cc2ncc3c(n2n1)N(C1CC1)CC3. The van der Waals surface area contributed by atoms with E-state index >= 15 is 0 Å². The zero-order valence-electron chi connectivity index (χ0n) is 8.43. The molecular formula is C11H12N4. The summed E-state index contributed by atoms with van der Waals surface area (Å²) < 4.78 is 1.99. The second-order valence-corrected chi connectivity index (χ2v) is 4.38. The van der Waals surface area contributed by atoms with Crippen LogP contribution in [0.5, 0.6) is 0 Å². The molecule has 0 saturated heterocycles. The molecule has 4 nitrogen and oxygen atoms in total. The van der Waals surface area contributed by atoms with Crippen molar-refractivity contribution in [3.8, 4) is 0 Å². The molecule has 15 heavy (non-hydrogen) atoms. The Labute approximate surface area is 87.5 Å². The minimum atomic E-state index is 0.765. The summed E-state index contributed by atoms with van der Waals surface area (Å²) in [5, 5.41) is 4.36. The molecule has 0 atom stereocenters.